The number of aliphatic hydroxyl groups excluding tert-OH is 1. The average molecular weight is 305 g/mol. The molecule has 0 saturated heterocycles. The number of rotatable bonds is 5. The number of aliphatic imine (C=N–C) groups is 1. The molecule has 6 heteroatoms. The molecule has 5 nitrogen and oxygen atoms in total. The first kappa shape index (κ1) is 15.2. The maximum atomic E-state index is 12.6. The number of furan rings is 2. The summed E-state index contributed by atoms with van der Waals surface area (Å²) < 4.78 is 10.3. The van der Waals surface area contributed by atoms with Crippen LogP contribution in [0.15, 0.2) is 56.2 Å². The molecule has 0 aromatic carbocycles. The Kier molecular flexibility index (Phi) is 5.05. The summed E-state index contributed by atoms with van der Waals surface area (Å²) in [6.07, 6.45) is 2.83. The Morgan fingerprint density at radius 2 is 1.86 bits per heavy atom. The van der Waals surface area contributed by atoms with E-state index in [4.69, 9.17) is 8.83 Å². The highest BCUT2D eigenvalue weighted by Crippen LogP contribution is 2.25. The summed E-state index contributed by atoms with van der Waals surface area (Å²) in [5.74, 6) is 0.384. The maximum absolute atomic E-state index is 12.6. The summed E-state index contributed by atoms with van der Waals surface area (Å²) in [4.78, 5) is 16.7. The number of ketones is 1. The zero-order valence-corrected chi connectivity index (χ0v) is 12.5. The Bertz CT molecular complexity index is 654. The molecule has 0 amide bonds. The van der Waals surface area contributed by atoms with Crippen molar-refractivity contribution in [3.05, 3.63) is 53.9 Å². The van der Waals surface area contributed by atoms with Crippen LogP contribution in [0.5, 0.6) is 0 Å². The molecule has 2 rings (SSSR count). The molecule has 0 saturated carbocycles. The Morgan fingerprint density at radius 1 is 1.24 bits per heavy atom. The molecule has 0 aliphatic heterocycles. The van der Waals surface area contributed by atoms with Crippen molar-refractivity contribution in [1.29, 1.82) is 0 Å². The zero-order chi connectivity index (χ0) is 15.2. The monoisotopic (exact) mass is 305 g/mol. The van der Waals surface area contributed by atoms with E-state index >= 15 is 0 Å². The van der Waals surface area contributed by atoms with Gasteiger partial charge in [0, 0.05) is 7.05 Å². The van der Waals surface area contributed by atoms with Crippen molar-refractivity contribution in [2.24, 2.45) is 4.99 Å². The lowest BCUT2D eigenvalue weighted by molar-refractivity contribution is 0.101. The molecule has 0 atom stereocenters. The van der Waals surface area contributed by atoms with Gasteiger partial charge >= 0.3 is 0 Å². The van der Waals surface area contributed by atoms with Gasteiger partial charge in [-0.05, 0) is 30.0 Å². The van der Waals surface area contributed by atoms with Crippen LogP contribution in [-0.2, 0) is 0 Å². The van der Waals surface area contributed by atoms with Crippen LogP contribution in [-0.4, -0.2) is 28.7 Å². The standard InChI is InChI=1S/C15H15NO4S/c1-3-21-15(16-2)12(13(17)10-6-4-8-19-10)14(18)11-7-5-9-20-11/h4-9,17H,3H2,1-2H3/b13-12-,16-15?. The highest BCUT2D eigenvalue weighted by molar-refractivity contribution is 8.14. The van der Waals surface area contributed by atoms with Gasteiger partial charge in [-0.3, -0.25) is 9.79 Å². The van der Waals surface area contributed by atoms with Gasteiger partial charge in [-0.25, -0.2) is 0 Å². The summed E-state index contributed by atoms with van der Waals surface area (Å²) in [6.45, 7) is 1.94. The molecular formula is C15H15NO4S. The van der Waals surface area contributed by atoms with Gasteiger partial charge in [0.05, 0.1) is 12.5 Å². The second kappa shape index (κ2) is 6.99. The first-order valence-corrected chi connectivity index (χ1v) is 7.32. The number of aliphatic hydroxyl groups is 1. The first-order valence-electron chi connectivity index (χ1n) is 6.34. The maximum Gasteiger partial charge on any atom is 0.234 e. The summed E-state index contributed by atoms with van der Waals surface area (Å²) in [5, 5.41) is 10.8. The molecule has 0 fully saturated rings. The van der Waals surface area contributed by atoms with Crippen molar-refractivity contribution >= 4 is 28.3 Å². The number of carbonyl (C=O) groups excluding carboxylic acids is 1. The van der Waals surface area contributed by atoms with Gasteiger partial charge in [0.2, 0.25) is 5.78 Å². The molecule has 0 bridgehead atoms. The Balaban J connectivity index is 2.54. The minimum Gasteiger partial charge on any atom is -0.504 e. The predicted octanol–water partition coefficient (Wildman–Crippen LogP) is 3.81. The summed E-state index contributed by atoms with van der Waals surface area (Å²) in [7, 11) is 1.57. The lowest BCUT2D eigenvalue weighted by atomic mass is 10.1. The lowest BCUT2D eigenvalue weighted by Crippen LogP contribution is -2.13. The van der Waals surface area contributed by atoms with Crippen molar-refractivity contribution in [3.8, 4) is 0 Å². The molecule has 2 aromatic heterocycles. The van der Waals surface area contributed by atoms with Gasteiger partial charge in [-0.2, -0.15) is 0 Å². The third-order valence-electron chi connectivity index (χ3n) is 2.66. The largest absolute Gasteiger partial charge is 0.504 e. The van der Waals surface area contributed by atoms with E-state index in [0.29, 0.717) is 10.8 Å². The molecule has 0 spiro atoms. The molecule has 1 N–H and O–H groups in total. The quantitative estimate of drug-likeness (QED) is 0.299. The van der Waals surface area contributed by atoms with E-state index in [-0.39, 0.29) is 22.9 Å². The van der Waals surface area contributed by atoms with E-state index in [9.17, 15) is 9.90 Å². The van der Waals surface area contributed by atoms with Crippen LogP contribution in [0.3, 0.4) is 0 Å². The predicted molar refractivity (Wildman–Crippen MR) is 82.8 cm³/mol. The van der Waals surface area contributed by atoms with E-state index < -0.39 is 5.78 Å². The van der Waals surface area contributed by atoms with Gasteiger partial charge in [-0.15, -0.1) is 11.8 Å². The second-order valence-electron chi connectivity index (χ2n) is 3.97. The fourth-order valence-corrected chi connectivity index (χ4v) is 2.49. The van der Waals surface area contributed by atoms with E-state index in [0.717, 1.165) is 0 Å². The number of thioether (sulfide) groups is 1. The van der Waals surface area contributed by atoms with Crippen molar-refractivity contribution < 1.29 is 18.7 Å². The van der Waals surface area contributed by atoms with E-state index in [2.05, 4.69) is 4.99 Å². The van der Waals surface area contributed by atoms with Crippen molar-refractivity contribution in [3.63, 3.8) is 0 Å². The molecule has 0 unspecified atom stereocenters. The molecular weight excluding hydrogens is 290 g/mol. The fourth-order valence-electron chi connectivity index (χ4n) is 1.76. The van der Waals surface area contributed by atoms with Crippen LogP contribution >= 0.6 is 11.8 Å². The highest BCUT2D eigenvalue weighted by Gasteiger charge is 2.26. The third kappa shape index (κ3) is 3.28. The van der Waals surface area contributed by atoms with Crippen LogP contribution in [0.2, 0.25) is 0 Å². The second-order valence-corrected chi connectivity index (χ2v) is 5.22. The Morgan fingerprint density at radius 3 is 2.33 bits per heavy atom. The normalized spacial score (nSPS) is 13.1. The minimum atomic E-state index is -0.435. The van der Waals surface area contributed by atoms with Gasteiger partial charge < -0.3 is 13.9 Å². The number of hydrogen-bond donors (Lipinski definition) is 1. The molecule has 0 aliphatic rings. The van der Waals surface area contributed by atoms with Gasteiger partial charge in [0.15, 0.2) is 17.3 Å². The topological polar surface area (TPSA) is 75.9 Å². The SMILES string of the molecule is CCSC(=NC)/C(C(=O)c1ccco1)=C(\O)c1ccco1. The van der Waals surface area contributed by atoms with E-state index in [1.54, 1.807) is 31.3 Å². The summed E-state index contributed by atoms with van der Waals surface area (Å²) in [5.41, 5.74) is 0.0780. The van der Waals surface area contributed by atoms with Crippen LogP contribution in [0.1, 0.15) is 23.2 Å². The van der Waals surface area contributed by atoms with E-state index in [1.807, 2.05) is 6.92 Å². The Labute approximate surface area is 126 Å². The van der Waals surface area contributed by atoms with Crippen LogP contribution in [0, 0.1) is 0 Å². The highest BCUT2D eigenvalue weighted by atomic mass is 32.2. The van der Waals surface area contributed by atoms with Crippen molar-refractivity contribution in [2.75, 3.05) is 12.8 Å². The van der Waals surface area contributed by atoms with E-state index in [1.165, 1.54) is 24.3 Å². The lowest BCUT2D eigenvalue weighted by Gasteiger charge is -2.09. The van der Waals surface area contributed by atoms with Gasteiger partial charge in [-0.1, -0.05) is 6.92 Å². The number of Topliss-reactive ketones (excluding diaryl/α,β-unsaturated/α-hetero) is 1. The van der Waals surface area contributed by atoms with Gasteiger partial charge in [0.1, 0.15) is 10.6 Å². The number of hydrogen-bond acceptors (Lipinski definition) is 6. The molecule has 2 heterocycles. The van der Waals surface area contributed by atoms with Crippen molar-refractivity contribution in [2.45, 2.75) is 6.92 Å². The zero-order valence-electron chi connectivity index (χ0n) is 11.7. The minimum absolute atomic E-state index is 0.0780. The average Bonchev–Trinajstić information content (AvgIpc) is 3.18. The molecule has 0 aliphatic carbocycles. The summed E-state index contributed by atoms with van der Waals surface area (Å²) >= 11 is 1.36. The molecule has 0 radical (unpaired) electrons. The third-order valence-corrected chi connectivity index (χ3v) is 3.61. The van der Waals surface area contributed by atoms with Crippen LogP contribution in [0.4, 0.5) is 0 Å². The first-order chi connectivity index (χ1) is 10.2. The Hall–Kier alpha value is -2.21. The number of carbonyl (C=O) groups is 1. The molecule has 21 heavy (non-hydrogen) atoms. The fraction of sp³-hybridized carbons (Fsp3) is 0.200. The van der Waals surface area contributed by atoms with Crippen molar-refractivity contribution in [1.82, 2.24) is 0 Å². The molecule has 110 valence electrons. The molecule has 2 aromatic rings. The van der Waals surface area contributed by atoms with Gasteiger partial charge in [0.25, 0.3) is 0 Å². The van der Waals surface area contributed by atoms with Crippen LogP contribution < -0.4 is 0 Å². The van der Waals surface area contributed by atoms with Crippen LogP contribution in [0.25, 0.3) is 5.76 Å². The number of nitrogens with zero attached hydrogens (tertiary/aromatic N) is 1. The smallest absolute Gasteiger partial charge is 0.234 e. The summed E-state index contributed by atoms with van der Waals surface area (Å²) in [6, 6.07) is 6.37.